The van der Waals surface area contributed by atoms with Gasteiger partial charge in [-0.2, -0.15) is 0 Å². The van der Waals surface area contributed by atoms with E-state index in [1.807, 2.05) is 0 Å². The van der Waals surface area contributed by atoms with Crippen LogP contribution in [0.5, 0.6) is 0 Å². The maximum Gasteiger partial charge on any atom is 0.321 e. The highest BCUT2D eigenvalue weighted by Crippen LogP contribution is 2.18. The summed E-state index contributed by atoms with van der Waals surface area (Å²) in [5.74, 6) is -0.109. The van der Waals surface area contributed by atoms with E-state index in [1.54, 1.807) is 31.2 Å². The first kappa shape index (κ1) is 14.2. The molecule has 0 saturated heterocycles. The standard InChI is InChI=1S/C15H16N4O3/c1-9-16-12-5-3-2-4-11(12)14(21)19(9)8-13(20)18-15(22)17-10-6-7-10/h2-5,10H,6-8H2,1H3,(H2,17,18,20,22). The molecule has 0 unspecified atom stereocenters. The molecule has 1 aromatic carbocycles. The van der Waals surface area contributed by atoms with E-state index >= 15 is 0 Å². The Morgan fingerprint density at radius 3 is 2.77 bits per heavy atom. The average molecular weight is 300 g/mol. The monoisotopic (exact) mass is 300 g/mol. The maximum absolute atomic E-state index is 12.4. The fourth-order valence-electron chi connectivity index (χ4n) is 2.22. The molecule has 1 saturated carbocycles. The Kier molecular flexibility index (Phi) is 3.62. The molecular weight excluding hydrogens is 284 g/mol. The van der Waals surface area contributed by atoms with E-state index < -0.39 is 11.9 Å². The van der Waals surface area contributed by atoms with Crippen molar-refractivity contribution in [2.45, 2.75) is 32.4 Å². The molecule has 1 aliphatic carbocycles. The minimum atomic E-state index is -0.541. The van der Waals surface area contributed by atoms with Crippen LogP contribution in [-0.2, 0) is 11.3 Å². The number of para-hydroxylation sites is 1. The van der Waals surface area contributed by atoms with Gasteiger partial charge in [-0.15, -0.1) is 0 Å². The summed E-state index contributed by atoms with van der Waals surface area (Å²) in [6.45, 7) is 1.42. The van der Waals surface area contributed by atoms with Crippen LogP contribution < -0.4 is 16.2 Å². The summed E-state index contributed by atoms with van der Waals surface area (Å²) in [6, 6.07) is 6.60. The summed E-state index contributed by atoms with van der Waals surface area (Å²) in [4.78, 5) is 40.1. The summed E-state index contributed by atoms with van der Waals surface area (Å²) in [5, 5.41) is 5.33. The lowest BCUT2D eigenvalue weighted by molar-refractivity contribution is -0.120. The van der Waals surface area contributed by atoms with Gasteiger partial charge in [-0.3, -0.25) is 19.5 Å². The van der Waals surface area contributed by atoms with Gasteiger partial charge >= 0.3 is 6.03 Å². The summed E-state index contributed by atoms with van der Waals surface area (Å²) in [6.07, 6.45) is 1.88. The first-order chi connectivity index (χ1) is 10.5. The Labute approximate surface area is 126 Å². The Balaban J connectivity index is 1.79. The van der Waals surface area contributed by atoms with Crippen molar-refractivity contribution < 1.29 is 9.59 Å². The lowest BCUT2D eigenvalue weighted by atomic mass is 10.2. The number of aromatic nitrogens is 2. The molecule has 0 atom stereocenters. The Hall–Kier alpha value is -2.70. The normalized spacial score (nSPS) is 13.9. The minimum absolute atomic E-state index is 0.166. The van der Waals surface area contributed by atoms with E-state index in [-0.39, 0.29) is 18.1 Å². The number of hydrogen-bond donors (Lipinski definition) is 2. The molecule has 7 nitrogen and oxygen atoms in total. The van der Waals surface area contributed by atoms with Crippen molar-refractivity contribution >= 4 is 22.8 Å². The highest BCUT2D eigenvalue weighted by Gasteiger charge is 2.24. The first-order valence-electron chi connectivity index (χ1n) is 7.11. The number of nitrogens with one attached hydrogen (secondary N) is 2. The molecule has 7 heteroatoms. The summed E-state index contributed by atoms with van der Waals surface area (Å²) in [7, 11) is 0. The van der Waals surface area contributed by atoms with Crippen molar-refractivity contribution in [1.82, 2.24) is 20.2 Å². The molecule has 1 heterocycles. The molecule has 1 aromatic heterocycles. The van der Waals surface area contributed by atoms with Crippen LogP contribution >= 0.6 is 0 Å². The second-order valence-electron chi connectivity index (χ2n) is 5.36. The van der Waals surface area contributed by atoms with Gasteiger partial charge in [0.25, 0.3) is 5.56 Å². The average Bonchev–Trinajstić information content (AvgIpc) is 3.27. The third-order valence-electron chi connectivity index (χ3n) is 3.52. The Morgan fingerprint density at radius 2 is 2.05 bits per heavy atom. The van der Waals surface area contributed by atoms with E-state index in [0.717, 1.165) is 12.8 Å². The predicted molar refractivity (Wildman–Crippen MR) is 80.4 cm³/mol. The van der Waals surface area contributed by atoms with Crippen LogP contribution in [0.25, 0.3) is 10.9 Å². The van der Waals surface area contributed by atoms with Gasteiger partial charge in [0, 0.05) is 6.04 Å². The predicted octanol–water partition coefficient (Wildman–Crippen LogP) is 0.693. The van der Waals surface area contributed by atoms with Crippen LogP contribution in [0, 0.1) is 6.92 Å². The van der Waals surface area contributed by atoms with Crippen LogP contribution in [0.4, 0.5) is 4.79 Å². The van der Waals surface area contributed by atoms with Gasteiger partial charge in [-0.25, -0.2) is 9.78 Å². The van der Waals surface area contributed by atoms with Gasteiger partial charge < -0.3 is 5.32 Å². The summed E-state index contributed by atoms with van der Waals surface area (Å²) < 4.78 is 1.27. The zero-order valence-corrected chi connectivity index (χ0v) is 12.1. The van der Waals surface area contributed by atoms with Crippen molar-refractivity contribution in [3.8, 4) is 0 Å². The molecule has 2 aromatic rings. The molecule has 0 aliphatic heterocycles. The molecule has 1 fully saturated rings. The van der Waals surface area contributed by atoms with Gasteiger partial charge in [-0.05, 0) is 31.9 Å². The fraction of sp³-hybridized carbons (Fsp3) is 0.333. The van der Waals surface area contributed by atoms with Crippen molar-refractivity contribution in [1.29, 1.82) is 0 Å². The first-order valence-corrected chi connectivity index (χ1v) is 7.11. The molecule has 3 rings (SSSR count). The number of fused-ring (bicyclic) bond motifs is 1. The third kappa shape index (κ3) is 2.98. The molecule has 0 spiro atoms. The lowest BCUT2D eigenvalue weighted by Crippen LogP contribution is -2.43. The van der Waals surface area contributed by atoms with E-state index in [1.165, 1.54) is 4.57 Å². The van der Waals surface area contributed by atoms with E-state index in [2.05, 4.69) is 15.6 Å². The van der Waals surface area contributed by atoms with E-state index in [4.69, 9.17) is 0 Å². The highest BCUT2D eigenvalue weighted by molar-refractivity contribution is 5.94. The van der Waals surface area contributed by atoms with Gasteiger partial charge in [0.05, 0.1) is 10.9 Å². The molecule has 2 N–H and O–H groups in total. The quantitative estimate of drug-likeness (QED) is 0.872. The Bertz CT molecular complexity index is 808. The molecule has 22 heavy (non-hydrogen) atoms. The van der Waals surface area contributed by atoms with E-state index in [9.17, 15) is 14.4 Å². The van der Waals surface area contributed by atoms with Gasteiger partial charge in [0.15, 0.2) is 0 Å². The van der Waals surface area contributed by atoms with Crippen molar-refractivity contribution in [3.63, 3.8) is 0 Å². The number of amides is 3. The maximum atomic E-state index is 12.4. The summed E-state index contributed by atoms with van der Waals surface area (Å²) >= 11 is 0. The fourth-order valence-corrected chi connectivity index (χ4v) is 2.22. The number of carbonyl (C=O) groups excluding carboxylic acids is 2. The number of aryl methyl sites for hydroxylation is 1. The number of benzene rings is 1. The van der Waals surface area contributed by atoms with Crippen molar-refractivity contribution in [3.05, 3.63) is 40.4 Å². The van der Waals surface area contributed by atoms with E-state index in [0.29, 0.717) is 16.7 Å². The molecule has 3 amide bonds. The molecular formula is C15H16N4O3. The Morgan fingerprint density at radius 1 is 1.32 bits per heavy atom. The number of nitrogens with zero attached hydrogens (tertiary/aromatic N) is 2. The molecule has 0 bridgehead atoms. The smallest absolute Gasteiger partial charge is 0.321 e. The second kappa shape index (κ2) is 5.59. The topological polar surface area (TPSA) is 93.1 Å². The lowest BCUT2D eigenvalue weighted by Gasteiger charge is -2.11. The van der Waals surface area contributed by atoms with Crippen molar-refractivity contribution in [2.75, 3.05) is 0 Å². The van der Waals surface area contributed by atoms with Crippen molar-refractivity contribution in [2.24, 2.45) is 0 Å². The number of imide groups is 1. The van der Waals surface area contributed by atoms with Gasteiger partial charge in [0.2, 0.25) is 5.91 Å². The van der Waals surface area contributed by atoms with Crippen LogP contribution in [-0.4, -0.2) is 27.5 Å². The van der Waals surface area contributed by atoms with Crippen LogP contribution in [0.15, 0.2) is 29.1 Å². The zero-order chi connectivity index (χ0) is 15.7. The number of hydrogen-bond acceptors (Lipinski definition) is 4. The number of carbonyl (C=O) groups is 2. The highest BCUT2D eigenvalue weighted by atomic mass is 16.2. The van der Waals surface area contributed by atoms with Gasteiger partial charge in [0.1, 0.15) is 12.4 Å². The van der Waals surface area contributed by atoms with Crippen LogP contribution in [0.3, 0.4) is 0 Å². The summed E-state index contributed by atoms with van der Waals surface area (Å²) in [5.41, 5.74) is 0.300. The molecule has 1 aliphatic rings. The van der Waals surface area contributed by atoms with Crippen LogP contribution in [0.1, 0.15) is 18.7 Å². The SMILES string of the molecule is Cc1nc2ccccc2c(=O)n1CC(=O)NC(=O)NC1CC1. The largest absolute Gasteiger partial charge is 0.335 e. The molecule has 114 valence electrons. The zero-order valence-electron chi connectivity index (χ0n) is 12.1. The van der Waals surface area contributed by atoms with Gasteiger partial charge in [-0.1, -0.05) is 12.1 Å². The second-order valence-corrected chi connectivity index (χ2v) is 5.36. The third-order valence-corrected chi connectivity index (χ3v) is 3.52. The molecule has 0 radical (unpaired) electrons. The minimum Gasteiger partial charge on any atom is -0.335 e. The number of rotatable bonds is 3. The van der Waals surface area contributed by atoms with Crippen LogP contribution in [0.2, 0.25) is 0 Å². The number of urea groups is 1.